The van der Waals surface area contributed by atoms with Crippen LogP contribution in [0.2, 0.25) is 0 Å². The Balaban J connectivity index is 1.91. The number of amides is 1. The monoisotopic (exact) mass is 332 g/mol. The van der Waals surface area contributed by atoms with E-state index < -0.39 is 6.23 Å². The first-order valence-corrected chi connectivity index (χ1v) is 7.06. The summed E-state index contributed by atoms with van der Waals surface area (Å²) in [6, 6.07) is 9.28. The van der Waals surface area contributed by atoms with Gasteiger partial charge in [-0.05, 0) is 42.3 Å². The molecule has 0 bridgehead atoms. The molecule has 4 nitrogen and oxygen atoms in total. The van der Waals surface area contributed by atoms with Gasteiger partial charge in [0, 0.05) is 17.2 Å². The third-order valence-corrected chi connectivity index (χ3v) is 4.01. The van der Waals surface area contributed by atoms with Crippen molar-refractivity contribution in [2.24, 2.45) is 0 Å². The van der Waals surface area contributed by atoms with Crippen molar-refractivity contribution in [1.82, 2.24) is 9.88 Å². The highest BCUT2D eigenvalue weighted by Gasteiger charge is 2.36. The van der Waals surface area contributed by atoms with E-state index in [1.165, 1.54) is 4.90 Å². The first kappa shape index (κ1) is 13.3. The summed E-state index contributed by atoms with van der Waals surface area (Å²) < 4.78 is 0.997. The molecule has 0 spiro atoms. The van der Waals surface area contributed by atoms with Crippen molar-refractivity contribution in [3.63, 3.8) is 0 Å². The summed E-state index contributed by atoms with van der Waals surface area (Å²) in [7, 11) is 0. The van der Waals surface area contributed by atoms with Crippen molar-refractivity contribution < 1.29 is 9.90 Å². The number of aromatic nitrogens is 1. The van der Waals surface area contributed by atoms with Gasteiger partial charge in [0.1, 0.15) is 5.69 Å². The van der Waals surface area contributed by atoms with E-state index in [0.29, 0.717) is 17.8 Å². The molecule has 1 aliphatic heterocycles. The maximum Gasteiger partial charge on any atom is 0.258 e. The Morgan fingerprint density at radius 3 is 2.90 bits per heavy atom. The van der Waals surface area contributed by atoms with E-state index in [9.17, 15) is 9.90 Å². The van der Waals surface area contributed by atoms with Crippen LogP contribution in [0.1, 0.15) is 33.4 Å². The second-order valence-electron chi connectivity index (χ2n) is 4.81. The first-order chi connectivity index (χ1) is 9.58. The van der Waals surface area contributed by atoms with Crippen molar-refractivity contribution in [3.05, 3.63) is 63.4 Å². The van der Waals surface area contributed by atoms with Crippen LogP contribution >= 0.6 is 15.9 Å². The van der Waals surface area contributed by atoms with Crippen LogP contribution in [0.25, 0.3) is 0 Å². The minimum absolute atomic E-state index is 0.178. The molecule has 1 aliphatic rings. The second kappa shape index (κ2) is 5.00. The number of carbonyl (C=O) groups excluding carboxylic acids is 1. The zero-order valence-electron chi connectivity index (χ0n) is 10.9. The van der Waals surface area contributed by atoms with Crippen LogP contribution in [0.3, 0.4) is 0 Å². The molecule has 0 saturated heterocycles. The predicted molar refractivity (Wildman–Crippen MR) is 77.9 cm³/mol. The van der Waals surface area contributed by atoms with Crippen LogP contribution < -0.4 is 0 Å². The van der Waals surface area contributed by atoms with Crippen molar-refractivity contribution >= 4 is 21.8 Å². The van der Waals surface area contributed by atoms with Crippen LogP contribution in [0.15, 0.2) is 41.0 Å². The molecule has 1 N–H and O–H groups in total. The van der Waals surface area contributed by atoms with Gasteiger partial charge in [0.15, 0.2) is 6.23 Å². The summed E-state index contributed by atoms with van der Waals surface area (Å²) in [4.78, 5) is 17.8. The predicted octanol–water partition coefficient (Wildman–Crippen LogP) is 2.80. The largest absolute Gasteiger partial charge is 0.368 e. The number of hydrogen-bond donors (Lipinski definition) is 1. The molecule has 3 rings (SSSR count). The van der Waals surface area contributed by atoms with Gasteiger partial charge in [0.25, 0.3) is 5.91 Å². The lowest BCUT2D eigenvalue weighted by atomic mass is 10.1. The molecule has 0 fully saturated rings. The summed E-state index contributed by atoms with van der Waals surface area (Å²) in [5.41, 5.74) is 3.00. The summed E-state index contributed by atoms with van der Waals surface area (Å²) in [6.45, 7) is 2.36. The molecule has 1 atom stereocenters. The van der Waals surface area contributed by atoms with Gasteiger partial charge in [-0.25, -0.2) is 0 Å². The van der Waals surface area contributed by atoms with Crippen LogP contribution in [0.5, 0.6) is 0 Å². The van der Waals surface area contributed by atoms with Gasteiger partial charge in [0.2, 0.25) is 0 Å². The van der Waals surface area contributed by atoms with Crippen molar-refractivity contribution in [2.75, 3.05) is 0 Å². The van der Waals surface area contributed by atoms with Gasteiger partial charge < -0.3 is 10.0 Å². The van der Waals surface area contributed by atoms with Crippen LogP contribution in [-0.4, -0.2) is 20.9 Å². The molecule has 1 amide bonds. The fourth-order valence-corrected chi connectivity index (χ4v) is 2.87. The number of carbonyl (C=O) groups is 1. The fraction of sp³-hybridized carbons (Fsp3) is 0.200. The van der Waals surface area contributed by atoms with E-state index >= 15 is 0 Å². The van der Waals surface area contributed by atoms with Crippen LogP contribution in [-0.2, 0) is 6.54 Å². The van der Waals surface area contributed by atoms with Crippen LogP contribution in [0, 0.1) is 6.92 Å². The van der Waals surface area contributed by atoms with Crippen molar-refractivity contribution in [3.8, 4) is 0 Å². The minimum atomic E-state index is -0.971. The van der Waals surface area contributed by atoms with Gasteiger partial charge in [-0.15, -0.1) is 0 Å². The minimum Gasteiger partial charge on any atom is -0.368 e. The quantitative estimate of drug-likeness (QED) is 0.919. The number of rotatable bonds is 2. The fourth-order valence-electron chi connectivity index (χ4n) is 2.40. The Morgan fingerprint density at radius 1 is 1.40 bits per heavy atom. The topological polar surface area (TPSA) is 53.4 Å². The van der Waals surface area contributed by atoms with E-state index in [1.807, 2.05) is 25.1 Å². The molecule has 1 unspecified atom stereocenters. The highest BCUT2D eigenvalue weighted by atomic mass is 79.9. The molecular weight excluding hydrogens is 320 g/mol. The molecule has 5 heteroatoms. The number of hydrogen-bond acceptors (Lipinski definition) is 3. The number of halogens is 1. The molecule has 1 aromatic heterocycles. The third kappa shape index (κ3) is 2.13. The number of nitrogens with zero attached hydrogens (tertiary/aromatic N) is 2. The number of benzene rings is 1. The summed E-state index contributed by atoms with van der Waals surface area (Å²) in [5, 5.41) is 10.3. The average molecular weight is 333 g/mol. The van der Waals surface area contributed by atoms with Gasteiger partial charge in [-0.1, -0.05) is 22.0 Å². The van der Waals surface area contributed by atoms with Gasteiger partial charge in [0.05, 0.1) is 5.56 Å². The lowest BCUT2D eigenvalue weighted by Gasteiger charge is -2.21. The van der Waals surface area contributed by atoms with E-state index in [1.54, 1.807) is 18.3 Å². The molecule has 0 aliphatic carbocycles. The summed E-state index contributed by atoms with van der Waals surface area (Å²) in [6.07, 6.45) is 0.616. The maximum atomic E-state index is 12.3. The molecule has 1 aromatic carbocycles. The molecule has 0 radical (unpaired) electrons. The van der Waals surface area contributed by atoms with E-state index in [0.717, 1.165) is 15.6 Å². The molecular formula is C15H13BrN2O2. The Bertz CT molecular complexity index is 687. The smallest absolute Gasteiger partial charge is 0.258 e. The van der Waals surface area contributed by atoms with E-state index in [4.69, 9.17) is 0 Å². The summed E-state index contributed by atoms with van der Waals surface area (Å²) in [5.74, 6) is -0.178. The van der Waals surface area contributed by atoms with Gasteiger partial charge in [-0.2, -0.15) is 0 Å². The normalized spacial score (nSPS) is 17.4. The number of fused-ring (bicyclic) bond motifs is 1. The van der Waals surface area contributed by atoms with Crippen molar-refractivity contribution in [2.45, 2.75) is 19.7 Å². The van der Waals surface area contributed by atoms with E-state index in [-0.39, 0.29) is 5.91 Å². The Morgan fingerprint density at radius 2 is 2.20 bits per heavy atom. The maximum absolute atomic E-state index is 12.3. The second-order valence-corrected chi connectivity index (χ2v) is 5.73. The molecule has 0 saturated carbocycles. The van der Waals surface area contributed by atoms with Crippen LogP contribution in [0.4, 0.5) is 0 Å². The zero-order chi connectivity index (χ0) is 14.3. The standard InChI is InChI=1S/C15H13BrN2O2/c1-9-7-11(16)5-4-10(9)8-18-14(19)12-3-2-6-17-13(12)15(18)20/h2-7,15,20H,8H2,1H3. The lowest BCUT2D eigenvalue weighted by Crippen LogP contribution is -2.27. The van der Waals surface area contributed by atoms with Crippen molar-refractivity contribution in [1.29, 1.82) is 0 Å². The number of aryl methyl sites for hydroxylation is 1. The summed E-state index contributed by atoms with van der Waals surface area (Å²) >= 11 is 3.42. The Labute approximate surface area is 125 Å². The highest BCUT2D eigenvalue weighted by Crippen LogP contribution is 2.31. The Hall–Kier alpha value is -1.72. The third-order valence-electron chi connectivity index (χ3n) is 3.51. The number of pyridine rings is 1. The first-order valence-electron chi connectivity index (χ1n) is 6.27. The SMILES string of the molecule is Cc1cc(Br)ccc1CN1C(=O)c2cccnc2C1O. The highest BCUT2D eigenvalue weighted by molar-refractivity contribution is 9.10. The number of aliphatic hydroxyl groups excluding tert-OH is 1. The zero-order valence-corrected chi connectivity index (χ0v) is 12.5. The van der Waals surface area contributed by atoms with Gasteiger partial charge in [-0.3, -0.25) is 9.78 Å². The molecule has 2 heterocycles. The molecule has 20 heavy (non-hydrogen) atoms. The lowest BCUT2D eigenvalue weighted by molar-refractivity contribution is 0.0119. The van der Waals surface area contributed by atoms with Gasteiger partial charge >= 0.3 is 0 Å². The number of aliphatic hydroxyl groups is 1. The van der Waals surface area contributed by atoms with E-state index in [2.05, 4.69) is 20.9 Å². The average Bonchev–Trinajstić information content (AvgIpc) is 2.67. The Kier molecular flexibility index (Phi) is 3.31. The molecule has 102 valence electrons. The molecule has 2 aromatic rings.